The first kappa shape index (κ1) is 18.7. The molecule has 0 atom stereocenters. The van der Waals surface area contributed by atoms with Crippen molar-refractivity contribution >= 4 is 50.7 Å². The zero-order chi connectivity index (χ0) is 17.5. The second-order valence-corrected chi connectivity index (χ2v) is 7.67. The van der Waals surface area contributed by atoms with E-state index in [0.29, 0.717) is 23.0 Å². The average Bonchev–Trinajstić information content (AvgIpc) is 2.97. The minimum Gasteiger partial charge on any atom is -0.343 e. The summed E-state index contributed by atoms with van der Waals surface area (Å²) in [7, 11) is 0. The summed E-state index contributed by atoms with van der Waals surface area (Å²) in [5, 5.41) is 2.65. The molecule has 0 unspecified atom stereocenters. The van der Waals surface area contributed by atoms with Crippen molar-refractivity contribution in [3.63, 3.8) is 0 Å². The molecule has 0 radical (unpaired) electrons. The maximum absolute atomic E-state index is 12.4. The SMILES string of the molecule is C=CCN(Cc1ccc(Cl)s1)C(=O)CNC(=O)c1ccc(Br)cc1. The van der Waals surface area contributed by atoms with Crippen molar-refractivity contribution in [2.45, 2.75) is 6.54 Å². The van der Waals surface area contributed by atoms with Crippen molar-refractivity contribution in [3.8, 4) is 0 Å². The van der Waals surface area contributed by atoms with Gasteiger partial charge in [-0.25, -0.2) is 0 Å². The van der Waals surface area contributed by atoms with Crippen molar-refractivity contribution in [2.24, 2.45) is 0 Å². The number of thiophene rings is 1. The number of nitrogens with zero attached hydrogens (tertiary/aromatic N) is 1. The molecule has 126 valence electrons. The summed E-state index contributed by atoms with van der Waals surface area (Å²) in [6, 6.07) is 10.6. The van der Waals surface area contributed by atoms with Crippen LogP contribution < -0.4 is 5.32 Å². The van der Waals surface area contributed by atoms with Crippen LogP contribution in [0.25, 0.3) is 0 Å². The van der Waals surface area contributed by atoms with Gasteiger partial charge in [-0.2, -0.15) is 0 Å². The molecule has 0 aliphatic carbocycles. The molecule has 0 bridgehead atoms. The highest BCUT2D eigenvalue weighted by molar-refractivity contribution is 9.10. The minimum absolute atomic E-state index is 0.0676. The van der Waals surface area contributed by atoms with E-state index in [4.69, 9.17) is 11.6 Å². The highest BCUT2D eigenvalue weighted by Crippen LogP contribution is 2.22. The molecule has 4 nitrogen and oxygen atoms in total. The van der Waals surface area contributed by atoms with Crippen molar-refractivity contribution in [1.29, 1.82) is 0 Å². The molecule has 1 aromatic heterocycles. The first-order valence-electron chi connectivity index (χ1n) is 7.16. The van der Waals surface area contributed by atoms with E-state index in [0.717, 1.165) is 9.35 Å². The maximum atomic E-state index is 12.4. The minimum atomic E-state index is -0.284. The highest BCUT2D eigenvalue weighted by atomic mass is 79.9. The summed E-state index contributed by atoms with van der Waals surface area (Å²) in [5.74, 6) is -0.460. The number of hydrogen-bond donors (Lipinski definition) is 1. The molecule has 1 N–H and O–H groups in total. The van der Waals surface area contributed by atoms with Crippen molar-refractivity contribution in [3.05, 3.63) is 68.3 Å². The van der Waals surface area contributed by atoms with E-state index >= 15 is 0 Å². The number of nitrogens with one attached hydrogen (secondary N) is 1. The molecule has 0 aliphatic rings. The van der Waals surface area contributed by atoms with E-state index in [1.807, 2.05) is 6.07 Å². The van der Waals surface area contributed by atoms with Gasteiger partial charge in [-0.1, -0.05) is 33.6 Å². The Kier molecular flexibility index (Phi) is 7.02. The molecular formula is C17H16BrClN2O2S. The van der Waals surface area contributed by atoms with Gasteiger partial charge in [0.2, 0.25) is 5.91 Å². The fourth-order valence-corrected chi connectivity index (χ4v) is 3.37. The lowest BCUT2D eigenvalue weighted by atomic mass is 10.2. The van der Waals surface area contributed by atoms with Gasteiger partial charge in [0.25, 0.3) is 5.91 Å². The Bertz CT molecular complexity index is 730. The molecule has 2 amide bonds. The maximum Gasteiger partial charge on any atom is 0.251 e. The molecular weight excluding hydrogens is 412 g/mol. The van der Waals surface area contributed by atoms with Gasteiger partial charge in [-0.15, -0.1) is 17.9 Å². The molecule has 0 saturated carbocycles. The lowest BCUT2D eigenvalue weighted by Crippen LogP contribution is -2.39. The van der Waals surface area contributed by atoms with Crippen LogP contribution in [0.1, 0.15) is 15.2 Å². The van der Waals surface area contributed by atoms with E-state index in [1.54, 1.807) is 41.3 Å². The van der Waals surface area contributed by atoms with E-state index in [2.05, 4.69) is 27.8 Å². The Morgan fingerprint density at radius 3 is 2.54 bits per heavy atom. The van der Waals surface area contributed by atoms with Crippen LogP contribution in [0.2, 0.25) is 4.34 Å². The Hall–Kier alpha value is -1.63. The summed E-state index contributed by atoms with van der Waals surface area (Å²) >= 11 is 10.7. The van der Waals surface area contributed by atoms with Crippen molar-refractivity contribution in [2.75, 3.05) is 13.1 Å². The summed E-state index contributed by atoms with van der Waals surface area (Å²) in [6.45, 7) is 4.45. The molecule has 2 aromatic rings. The van der Waals surface area contributed by atoms with Crippen molar-refractivity contribution < 1.29 is 9.59 Å². The number of benzene rings is 1. The number of hydrogen-bond acceptors (Lipinski definition) is 3. The summed E-state index contributed by atoms with van der Waals surface area (Å²) in [6.07, 6.45) is 1.66. The average molecular weight is 428 g/mol. The normalized spacial score (nSPS) is 10.2. The molecule has 1 heterocycles. The summed E-state index contributed by atoms with van der Waals surface area (Å²) in [5.41, 5.74) is 0.506. The third-order valence-corrected chi connectivity index (χ3v) is 4.93. The van der Waals surface area contributed by atoms with Gasteiger partial charge in [-0.05, 0) is 36.4 Å². The fraction of sp³-hybridized carbons (Fsp3) is 0.176. The van der Waals surface area contributed by atoms with Gasteiger partial charge in [0, 0.05) is 21.5 Å². The summed E-state index contributed by atoms with van der Waals surface area (Å²) in [4.78, 5) is 27.0. The molecule has 0 aliphatic heterocycles. The topological polar surface area (TPSA) is 49.4 Å². The smallest absolute Gasteiger partial charge is 0.251 e. The van der Waals surface area contributed by atoms with Crippen LogP contribution in [0.5, 0.6) is 0 Å². The first-order valence-corrected chi connectivity index (χ1v) is 9.15. The zero-order valence-electron chi connectivity index (χ0n) is 12.8. The quantitative estimate of drug-likeness (QED) is 0.676. The lowest BCUT2D eigenvalue weighted by Gasteiger charge is -2.20. The van der Waals surface area contributed by atoms with E-state index in [9.17, 15) is 9.59 Å². The molecule has 0 saturated heterocycles. The van der Waals surface area contributed by atoms with Crippen LogP contribution in [0, 0.1) is 0 Å². The van der Waals surface area contributed by atoms with E-state index in [1.165, 1.54) is 11.3 Å². The molecule has 0 spiro atoms. The predicted octanol–water partition coefficient (Wildman–Crippen LogP) is 4.11. The zero-order valence-corrected chi connectivity index (χ0v) is 16.0. The first-order chi connectivity index (χ1) is 11.5. The monoisotopic (exact) mass is 426 g/mol. The van der Waals surface area contributed by atoms with Gasteiger partial charge >= 0.3 is 0 Å². The Balaban J connectivity index is 1.93. The highest BCUT2D eigenvalue weighted by Gasteiger charge is 2.15. The van der Waals surface area contributed by atoms with E-state index in [-0.39, 0.29) is 18.4 Å². The van der Waals surface area contributed by atoms with Gasteiger partial charge in [0.15, 0.2) is 0 Å². The van der Waals surface area contributed by atoms with E-state index < -0.39 is 0 Å². The second kappa shape index (κ2) is 9.01. The molecule has 0 fully saturated rings. The number of halogens is 2. The standard InChI is InChI=1S/C17H16BrClN2O2S/c1-2-9-21(11-14-7-8-15(19)24-14)16(22)10-20-17(23)12-3-5-13(18)6-4-12/h2-8H,1,9-11H2,(H,20,23). The van der Waals surface area contributed by atoms with Crippen LogP contribution in [0.4, 0.5) is 0 Å². The summed E-state index contributed by atoms with van der Waals surface area (Å²) < 4.78 is 1.57. The lowest BCUT2D eigenvalue weighted by molar-refractivity contribution is -0.130. The second-order valence-electron chi connectivity index (χ2n) is 4.96. The van der Waals surface area contributed by atoms with Gasteiger partial charge in [0.1, 0.15) is 0 Å². The number of amides is 2. The van der Waals surface area contributed by atoms with Crippen LogP contribution in [0.3, 0.4) is 0 Å². The van der Waals surface area contributed by atoms with Crippen LogP contribution in [-0.2, 0) is 11.3 Å². The molecule has 2 rings (SSSR count). The van der Waals surface area contributed by atoms with Gasteiger partial charge in [-0.3, -0.25) is 9.59 Å². The number of carbonyl (C=O) groups is 2. The third kappa shape index (κ3) is 5.47. The number of carbonyl (C=O) groups excluding carboxylic acids is 2. The molecule has 7 heteroatoms. The Morgan fingerprint density at radius 1 is 1.25 bits per heavy atom. The largest absolute Gasteiger partial charge is 0.343 e. The van der Waals surface area contributed by atoms with Crippen molar-refractivity contribution in [1.82, 2.24) is 10.2 Å². The third-order valence-electron chi connectivity index (χ3n) is 3.18. The van der Waals surface area contributed by atoms with Crippen LogP contribution in [-0.4, -0.2) is 29.8 Å². The van der Waals surface area contributed by atoms with Gasteiger partial charge in [0.05, 0.1) is 17.4 Å². The van der Waals surface area contributed by atoms with Crippen LogP contribution in [0.15, 0.2) is 53.5 Å². The van der Waals surface area contributed by atoms with Gasteiger partial charge < -0.3 is 10.2 Å². The molecule has 1 aromatic carbocycles. The molecule has 24 heavy (non-hydrogen) atoms. The Labute approximate surface area is 158 Å². The predicted molar refractivity (Wildman–Crippen MR) is 101 cm³/mol. The number of rotatable bonds is 7. The Morgan fingerprint density at radius 2 is 1.96 bits per heavy atom. The van der Waals surface area contributed by atoms with Crippen LogP contribution >= 0.6 is 38.9 Å². The fourth-order valence-electron chi connectivity index (χ4n) is 2.01.